The molecule has 0 aromatic heterocycles. The fraction of sp³-hybridized carbons (Fsp3) is 0.357. The van der Waals surface area contributed by atoms with Gasteiger partial charge in [0.15, 0.2) is 0 Å². The highest BCUT2D eigenvalue weighted by molar-refractivity contribution is 5.91. The third kappa shape index (κ3) is 2.01. The predicted molar refractivity (Wildman–Crippen MR) is 66.7 cm³/mol. The highest BCUT2D eigenvalue weighted by Gasteiger charge is 2.27. The van der Waals surface area contributed by atoms with Crippen LogP contribution in [-0.2, 0) is 4.79 Å². The van der Waals surface area contributed by atoms with E-state index in [9.17, 15) is 4.79 Å². The van der Waals surface area contributed by atoms with Gasteiger partial charge in [-0.2, -0.15) is 0 Å². The molecular weight excluding hydrogens is 198 g/mol. The summed E-state index contributed by atoms with van der Waals surface area (Å²) < 4.78 is 0. The van der Waals surface area contributed by atoms with Gasteiger partial charge < -0.3 is 5.32 Å². The highest BCUT2D eigenvalue weighted by atomic mass is 16.1. The van der Waals surface area contributed by atoms with E-state index in [0.717, 1.165) is 29.8 Å². The number of rotatable bonds is 4. The van der Waals surface area contributed by atoms with E-state index in [4.69, 9.17) is 0 Å². The van der Waals surface area contributed by atoms with Crippen molar-refractivity contribution >= 4 is 11.5 Å². The molecule has 1 unspecified atom stereocenters. The molecule has 0 amide bonds. The maximum absolute atomic E-state index is 12.1. The summed E-state index contributed by atoms with van der Waals surface area (Å²) in [5, 5.41) is 3.27. The standard InChI is InChI=1S/C14H17NO/c1-3-10(2)8-14(16)12-9-15-13-7-5-4-6-11(12)13/h4-7,12,15H,2-3,8-9H2,1H3. The first-order valence-corrected chi connectivity index (χ1v) is 5.74. The second-order valence-corrected chi connectivity index (χ2v) is 4.27. The van der Waals surface area contributed by atoms with Gasteiger partial charge in [0.1, 0.15) is 5.78 Å². The topological polar surface area (TPSA) is 29.1 Å². The Balaban J connectivity index is 2.13. The van der Waals surface area contributed by atoms with Crippen molar-refractivity contribution < 1.29 is 4.79 Å². The summed E-state index contributed by atoms with van der Waals surface area (Å²) in [4.78, 5) is 12.1. The van der Waals surface area contributed by atoms with Crippen LogP contribution >= 0.6 is 0 Å². The van der Waals surface area contributed by atoms with Crippen LogP contribution in [0.2, 0.25) is 0 Å². The first-order valence-electron chi connectivity index (χ1n) is 5.74. The molecule has 1 atom stereocenters. The second kappa shape index (κ2) is 4.52. The van der Waals surface area contributed by atoms with Crippen molar-refractivity contribution in [2.75, 3.05) is 11.9 Å². The zero-order chi connectivity index (χ0) is 11.5. The smallest absolute Gasteiger partial charge is 0.146 e. The molecule has 0 saturated carbocycles. The number of hydrogen-bond acceptors (Lipinski definition) is 2. The number of allylic oxidation sites excluding steroid dienone is 1. The van der Waals surface area contributed by atoms with Crippen LogP contribution in [0.25, 0.3) is 0 Å². The Hall–Kier alpha value is -1.57. The zero-order valence-electron chi connectivity index (χ0n) is 9.62. The van der Waals surface area contributed by atoms with Gasteiger partial charge in [-0.05, 0) is 18.1 Å². The van der Waals surface area contributed by atoms with Crippen LogP contribution in [0.3, 0.4) is 0 Å². The molecule has 0 bridgehead atoms. The zero-order valence-corrected chi connectivity index (χ0v) is 9.62. The fourth-order valence-corrected chi connectivity index (χ4v) is 2.07. The summed E-state index contributed by atoms with van der Waals surface area (Å²) in [7, 11) is 0. The lowest BCUT2D eigenvalue weighted by atomic mass is 9.92. The van der Waals surface area contributed by atoms with Crippen molar-refractivity contribution in [2.24, 2.45) is 0 Å². The fourth-order valence-electron chi connectivity index (χ4n) is 2.07. The van der Waals surface area contributed by atoms with E-state index in [1.54, 1.807) is 0 Å². The van der Waals surface area contributed by atoms with E-state index in [0.29, 0.717) is 6.42 Å². The molecule has 2 nitrogen and oxygen atoms in total. The minimum Gasteiger partial charge on any atom is -0.384 e. The summed E-state index contributed by atoms with van der Waals surface area (Å²) in [6, 6.07) is 8.04. The van der Waals surface area contributed by atoms with Crippen molar-refractivity contribution in [1.29, 1.82) is 0 Å². The molecule has 1 aliphatic heterocycles. The van der Waals surface area contributed by atoms with Crippen LogP contribution in [0.15, 0.2) is 36.4 Å². The Morgan fingerprint density at radius 1 is 1.50 bits per heavy atom. The number of anilines is 1. The Bertz CT molecular complexity index is 422. The lowest BCUT2D eigenvalue weighted by molar-refractivity contribution is -0.119. The van der Waals surface area contributed by atoms with Crippen LogP contribution in [0.5, 0.6) is 0 Å². The van der Waals surface area contributed by atoms with E-state index >= 15 is 0 Å². The van der Waals surface area contributed by atoms with E-state index in [-0.39, 0.29) is 11.7 Å². The number of para-hydroxylation sites is 1. The average molecular weight is 215 g/mol. The summed E-state index contributed by atoms with van der Waals surface area (Å²) in [6.45, 7) is 6.67. The van der Waals surface area contributed by atoms with Crippen molar-refractivity contribution in [1.82, 2.24) is 0 Å². The largest absolute Gasteiger partial charge is 0.384 e. The number of carbonyl (C=O) groups excluding carboxylic acids is 1. The van der Waals surface area contributed by atoms with Crippen LogP contribution in [0.1, 0.15) is 31.2 Å². The van der Waals surface area contributed by atoms with Crippen LogP contribution in [0, 0.1) is 0 Å². The van der Waals surface area contributed by atoms with Crippen LogP contribution in [-0.4, -0.2) is 12.3 Å². The number of benzene rings is 1. The minimum absolute atomic E-state index is 0.0134. The molecule has 1 heterocycles. The summed E-state index contributed by atoms with van der Waals surface area (Å²) in [5.74, 6) is 0.295. The first-order chi connectivity index (χ1) is 7.72. The first kappa shape index (κ1) is 10.9. The van der Waals surface area contributed by atoms with Crippen molar-refractivity contribution in [3.05, 3.63) is 42.0 Å². The quantitative estimate of drug-likeness (QED) is 0.782. The number of Topliss-reactive ketones (excluding diaryl/α,β-unsaturated/α-hetero) is 1. The molecule has 1 aliphatic rings. The molecule has 0 fully saturated rings. The normalized spacial score (nSPS) is 17.7. The third-order valence-electron chi connectivity index (χ3n) is 3.15. The SMILES string of the molecule is C=C(CC)CC(=O)C1CNc2ccccc21. The molecule has 1 aromatic carbocycles. The maximum atomic E-state index is 12.1. The number of carbonyl (C=O) groups is 1. The number of ketones is 1. The van der Waals surface area contributed by atoms with Crippen LogP contribution < -0.4 is 5.32 Å². The predicted octanol–water partition coefficient (Wildman–Crippen LogP) is 3.12. The second-order valence-electron chi connectivity index (χ2n) is 4.27. The van der Waals surface area contributed by atoms with Gasteiger partial charge in [0.25, 0.3) is 0 Å². The van der Waals surface area contributed by atoms with Gasteiger partial charge in [-0.15, -0.1) is 0 Å². The summed E-state index contributed by atoms with van der Waals surface area (Å²) >= 11 is 0. The monoisotopic (exact) mass is 215 g/mol. The van der Waals surface area contributed by atoms with Gasteiger partial charge >= 0.3 is 0 Å². The Morgan fingerprint density at radius 2 is 2.25 bits per heavy atom. The molecule has 0 saturated heterocycles. The lowest BCUT2D eigenvalue weighted by Gasteiger charge is -2.09. The minimum atomic E-state index is 0.0134. The molecule has 2 rings (SSSR count). The van der Waals surface area contributed by atoms with E-state index in [1.165, 1.54) is 0 Å². The molecule has 1 N–H and O–H groups in total. The van der Waals surface area contributed by atoms with Gasteiger partial charge in [0.2, 0.25) is 0 Å². The van der Waals surface area contributed by atoms with Gasteiger partial charge in [-0.25, -0.2) is 0 Å². The van der Waals surface area contributed by atoms with E-state index in [1.807, 2.05) is 31.2 Å². The molecule has 0 radical (unpaired) electrons. The lowest BCUT2D eigenvalue weighted by Crippen LogP contribution is -2.14. The van der Waals surface area contributed by atoms with E-state index < -0.39 is 0 Å². The van der Waals surface area contributed by atoms with Gasteiger partial charge in [-0.1, -0.05) is 37.3 Å². The molecule has 16 heavy (non-hydrogen) atoms. The van der Waals surface area contributed by atoms with Crippen molar-refractivity contribution in [3.8, 4) is 0 Å². The van der Waals surface area contributed by atoms with Crippen molar-refractivity contribution in [3.63, 3.8) is 0 Å². The Labute approximate surface area is 96.4 Å². The maximum Gasteiger partial charge on any atom is 0.146 e. The Kier molecular flexibility index (Phi) is 3.09. The molecule has 0 spiro atoms. The van der Waals surface area contributed by atoms with Crippen LogP contribution in [0.4, 0.5) is 5.69 Å². The third-order valence-corrected chi connectivity index (χ3v) is 3.15. The highest BCUT2D eigenvalue weighted by Crippen LogP contribution is 2.32. The molecule has 84 valence electrons. The van der Waals surface area contributed by atoms with Gasteiger partial charge in [0.05, 0.1) is 5.92 Å². The van der Waals surface area contributed by atoms with E-state index in [2.05, 4.69) is 11.9 Å². The van der Waals surface area contributed by atoms with Crippen molar-refractivity contribution in [2.45, 2.75) is 25.7 Å². The molecular formula is C14H17NO. The molecule has 1 aromatic rings. The number of nitrogens with one attached hydrogen (secondary N) is 1. The summed E-state index contributed by atoms with van der Waals surface area (Å²) in [6.07, 6.45) is 1.39. The average Bonchev–Trinajstić information content (AvgIpc) is 2.72. The van der Waals surface area contributed by atoms with Gasteiger partial charge in [0, 0.05) is 18.7 Å². The number of hydrogen-bond donors (Lipinski definition) is 1. The summed E-state index contributed by atoms with van der Waals surface area (Å²) in [5.41, 5.74) is 3.26. The molecule has 2 heteroatoms. The number of fused-ring (bicyclic) bond motifs is 1. The Morgan fingerprint density at radius 3 is 3.00 bits per heavy atom. The molecule has 0 aliphatic carbocycles. The van der Waals surface area contributed by atoms with Gasteiger partial charge in [-0.3, -0.25) is 4.79 Å².